The second-order valence-electron chi connectivity index (χ2n) is 3.68. The van der Waals surface area contributed by atoms with Crippen LogP contribution in [-0.2, 0) is 4.74 Å². The molecule has 0 saturated carbocycles. The Hall–Kier alpha value is -1.50. The van der Waals surface area contributed by atoms with Crippen LogP contribution in [0.5, 0.6) is 5.75 Å². The Morgan fingerprint density at radius 2 is 2.00 bits per heavy atom. The monoisotopic (exact) mass is 234 g/mol. The smallest absolute Gasteiger partial charge is 0.119 e. The van der Waals surface area contributed by atoms with Gasteiger partial charge in [-0.3, -0.25) is 0 Å². The van der Waals surface area contributed by atoms with Gasteiger partial charge in [-0.2, -0.15) is 0 Å². The lowest BCUT2D eigenvalue weighted by atomic mass is 10.2. The molecule has 0 aromatic heterocycles. The molecule has 92 valence electrons. The van der Waals surface area contributed by atoms with Gasteiger partial charge in [-0.1, -0.05) is 11.8 Å². The van der Waals surface area contributed by atoms with Crippen LogP contribution in [-0.4, -0.2) is 31.5 Å². The van der Waals surface area contributed by atoms with Crippen molar-refractivity contribution in [2.24, 2.45) is 0 Å². The van der Waals surface area contributed by atoms with Crippen LogP contribution in [0.2, 0.25) is 0 Å². The fourth-order valence-electron chi connectivity index (χ4n) is 1.34. The molecule has 1 rings (SSSR count). The Kier molecular flexibility index (Phi) is 6.16. The summed E-state index contributed by atoms with van der Waals surface area (Å²) in [6.07, 6.45) is 0.537. The molecule has 0 aliphatic carbocycles. The third-order valence-corrected chi connectivity index (χ3v) is 2.06. The minimum Gasteiger partial charge on any atom is -0.488 e. The van der Waals surface area contributed by atoms with Gasteiger partial charge in [0.2, 0.25) is 0 Å². The van der Waals surface area contributed by atoms with E-state index >= 15 is 0 Å². The number of aliphatic hydroxyl groups is 1. The SMILES string of the molecule is COCC(C)Oc1ccc(C#CCCO)cc1. The number of rotatable bonds is 5. The predicted molar refractivity (Wildman–Crippen MR) is 67.0 cm³/mol. The summed E-state index contributed by atoms with van der Waals surface area (Å²) in [5, 5.41) is 8.60. The molecular weight excluding hydrogens is 216 g/mol. The first-order valence-electron chi connectivity index (χ1n) is 5.61. The van der Waals surface area contributed by atoms with Crippen LogP contribution >= 0.6 is 0 Å². The van der Waals surface area contributed by atoms with E-state index in [1.807, 2.05) is 31.2 Å². The van der Waals surface area contributed by atoms with Gasteiger partial charge in [0.05, 0.1) is 13.2 Å². The molecule has 0 amide bonds. The fourth-order valence-corrected chi connectivity index (χ4v) is 1.34. The highest BCUT2D eigenvalue weighted by atomic mass is 16.5. The van der Waals surface area contributed by atoms with Gasteiger partial charge in [-0.25, -0.2) is 0 Å². The molecule has 0 radical (unpaired) electrons. The van der Waals surface area contributed by atoms with Crippen LogP contribution in [0.15, 0.2) is 24.3 Å². The van der Waals surface area contributed by atoms with Crippen LogP contribution in [0.25, 0.3) is 0 Å². The molecule has 1 unspecified atom stereocenters. The molecule has 1 atom stereocenters. The maximum atomic E-state index is 8.60. The van der Waals surface area contributed by atoms with E-state index in [0.717, 1.165) is 11.3 Å². The van der Waals surface area contributed by atoms with Gasteiger partial charge in [0.25, 0.3) is 0 Å². The van der Waals surface area contributed by atoms with Crippen molar-refractivity contribution in [2.75, 3.05) is 20.3 Å². The minimum absolute atomic E-state index is 0.0336. The van der Waals surface area contributed by atoms with Crippen LogP contribution < -0.4 is 4.74 Å². The number of methoxy groups -OCH3 is 1. The third kappa shape index (κ3) is 5.39. The van der Waals surface area contributed by atoms with Crippen LogP contribution in [0.3, 0.4) is 0 Å². The number of hydrogen-bond donors (Lipinski definition) is 1. The summed E-state index contributed by atoms with van der Waals surface area (Å²) in [6.45, 7) is 2.62. The van der Waals surface area contributed by atoms with Gasteiger partial charge in [0.1, 0.15) is 11.9 Å². The van der Waals surface area contributed by atoms with E-state index < -0.39 is 0 Å². The Morgan fingerprint density at radius 1 is 1.29 bits per heavy atom. The van der Waals surface area contributed by atoms with Crippen molar-refractivity contribution in [3.63, 3.8) is 0 Å². The lowest BCUT2D eigenvalue weighted by Crippen LogP contribution is -2.17. The van der Waals surface area contributed by atoms with Crippen molar-refractivity contribution in [2.45, 2.75) is 19.4 Å². The van der Waals surface area contributed by atoms with E-state index in [0.29, 0.717) is 13.0 Å². The zero-order chi connectivity index (χ0) is 12.5. The number of hydrogen-bond acceptors (Lipinski definition) is 3. The molecule has 0 bridgehead atoms. The maximum absolute atomic E-state index is 8.60. The minimum atomic E-state index is 0.0336. The second-order valence-corrected chi connectivity index (χ2v) is 3.68. The first kappa shape index (κ1) is 13.6. The lowest BCUT2D eigenvalue weighted by molar-refractivity contribution is 0.0921. The second kappa shape index (κ2) is 7.72. The average Bonchev–Trinajstić information content (AvgIpc) is 2.32. The number of benzene rings is 1. The fraction of sp³-hybridized carbons (Fsp3) is 0.429. The largest absolute Gasteiger partial charge is 0.488 e. The summed E-state index contributed by atoms with van der Waals surface area (Å²) in [7, 11) is 1.65. The van der Waals surface area contributed by atoms with Gasteiger partial charge in [0.15, 0.2) is 0 Å². The maximum Gasteiger partial charge on any atom is 0.119 e. The molecule has 1 aromatic rings. The van der Waals surface area contributed by atoms with Crippen LogP contribution in [0.4, 0.5) is 0 Å². The van der Waals surface area contributed by atoms with E-state index in [1.54, 1.807) is 7.11 Å². The Morgan fingerprint density at radius 3 is 2.59 bits per heavy atom. The van der Waals surface area contributed by atoms with Crippen molar-refractivity contribution < 1.29 is 14.6 Å². The standard InChI is InChI=1S/C14H18O3/c1-12(11-16-2)17-14-8-6-13(7-9-14)5-3-4-10-15/h6-9,12,15H,4,10-11H2,1-2H3. The first-order chi connectivity index (χ1) is 8.26. The summed E-state index contributed by atoms with van der Waals surface area (Å²) in [4.78, 5) is 0. The highest BCUT2D eigenvalue weighted by Crippen LogP contribution is 2.13. The first-order valence-corrected chi connectivity index (χ1v) is 5.61. The summed E-state index contributed by atoms with van der Waals surface area (Å²) in [6, 6.07) is 7.57. The molecule has 1 aromatic carbocycles. The van der Waals surface area contributed by atoms with Crippen molar-refractivity contribution in [3.8, 4) is 17.6 Å². The lowest BCUT2D eigenvalue weighted by Gasteiger charge is -2.13. The van der Waals surface area contributed by atoms with E-state index in [4.69, 9.17) is 14.6 Å². The van der Waals surface area contributed by atoms with Gasteiger partial charge < -0.3 is 14.6 Å². The molecule has 17 heavy (non-hydrogen) atoms. The molecule has 3 nitrogen and oxygen atoms in total. The van der Waals surface area contributed by atoms with Crippen molar-refractivity contribution in [3.05, 3.63) is 29.8 Å². The van der Waals surface area contributed by atoms with Crippen molar-refractivity contribution >= 4 is 0 Å². The molecule has 0 spiro atoms. The molecule has 1 N–H and O–H groups in total. The van der Waals surface area contributed by atoms with Gasteiger partial charge in [0, 0.05) is 19.1 Å². The van der Waals surface area contributed by atoms with Gasteiger partial charge in [-0.15, -0.1) is 0 Å². The predicted octanol–water partition coefficient (Wildman–Crippen LogP) is 1.83. The zero-order valence-corrected chi connectivity index (χ0v) is 10.3. The summed E-state index contributed by atoms with van der Waals surface area (Å²) >= 11 is 0. The average molecular weight is 234 g/mol. The Labute approximate surface area is 102 Å². The zero-order valence-electron chi connectivity index (χ0n) is 10.3. The quantitative estimate of drug-likeness (QED) is 0.790. The number of ether oxygens (including phenoxy) is 2. The van der Waals surface area contributed by atoms with E-state index in [1.165, 1.54) is 0 Å². The molecule has 3 heteroatoms. The van der Waals surface area contributed by atoms with E-state index in [-0.39, 0.29) is 12.7 Å². The Balaban J connectivity index is 2.53. The van der Waals surface area contributed by atoms with Crippen molar-refractivity contribution in [1.82, 2.24) is 0 Å². The summed E-state index contributed by atoms with van der Waals surface area (Å²) < 4.78 is 10.6. The van der Waals surface area contributed by atoms with E-state index in [9.17, 15) is 0 Å². The molecular formula is C14H18O3. The summed E-state index contributed by atoms with van der Waals surface area (Å²) in [5.74, 6) is 6.64. The number of aliphatic hydroxyl groups excluding tert-OH is 1. The molecule has 0 saturated heterocycles. The van der Waals surface area contributed by atoms with Crippen LogP contribution in [0.1, 0.15) is 18.9 Å². The molecule has 0 heterocycles. The highest BCUT2D eigenvalue weighted by Gasteiger charge is 2.02. The third-order valence-electron chi connectivity index (χ3n) is 2.06. The molecule has 0 fully saturated rings. The molecule has 0 aliphatic heterocycles. The van der Waals surface area contributed by atoms with Gasteiger partial charge in [-0.05, 0) is 31.2 Å². The van der Waals surface area contributed by atoms with Crippen LogP contribution in [0, 0.1) is 11.8 Å². The van der Waals surface area contributed by atoms with E-state index in [2.05, 4.69) is 11.8 Å². The van der Waals surface area contributed by atoms with Gasteiger partial charge >= 0.3 is 0 Å². The normalized spacial score (nSPS) is 11.5. The van der Waals surface area contributed by atoms with Crippen molar-refractivity contribution in [1.29, 1.82) is 0 Å². The summed E-state index contributed by atoms with van der Waals surface area (Å²) in [5.41, 5.74) is 0.921. The topological polar surface area (TPSA) is 38.7 Å². The Bertz CT molecular complexity index is 373. The molecule has 0 aliphatic rings. The highest BCUT2D eigenvalue weighted by molar-refractivity contribution is 5.38.